The van der Waals surface area contributed by atoms with Crippen molar-refractivity contribution in [2.75, 3.05) is 51.8 Å². The van der Waals surface area contributed by atoms with Crippen molar-refractivity contribution < 1.29 is 14.3 Å². The number of carbonyl (C=O) groups excluding carboxylic acids is 1. The number of amides is 1. The van der Waals surface area contributed by atoms with Crippen LogP contribution in [0, 0.1) is 0 Å². The minimum absolute atomic E-state index is 0.0791. The van der Waals surface area contributed by atoms with Gasteiger partial charge in [0.1, 0.15) is 17.3 Å². The van der Waals surface area contributed by atoms with E-state index < -0.39 is 0 Å². The summed E-state index contributed by atoms with van der Waals surface area (Å²) in [5.74, 6) is 1.52. The first-order valence-corrected chi connectivity index (χ1v) is 11.6. The minimum atomic E-state index is -0.0791. The van der Waals surface area contributed by atoms with Crippen LogP contribution in [0.15, 0.2) is 67.1 Å². The number of morpholine rings is 1. The molecular formula is C26H28N6O3. The number of rotatable bonds is 8. The molecule has 0 atom stereocenters. The van der Waals surface area contributed by atoms with Gasteiger partial charge < -0.3 is 20.1 Å². The van der Waals surface area contributed by atoms with Crippen LogP contribution in [0.5, 0.6) is 5.75 Å². The number of hydrogen-bond donors (Lipinski definition) is 2. The van der Waals surface area contributed by atoms with Crippen LogP contribution in [-0.4, -0.2) is 71.7 Å². The van der Waals surface area contributed by atoms with Crippen LogP contribution in [0.4, 0.5) is 11.5 Å². The predicted octanol–water partition coefficient (Wildman–Crippen LogP) is 3.21. The Balaban J connectivity index is 1.30. The molecule has 3 heterocycles. The van der Waals surface area contributed by atoms with E-state index in [2.05, 4.69) is 20.5 Å². The molecule has 1 fully saturated rings. The van der Waals surface area contributed by atoms with Gasteiger partial charge in [-0.1, -0.05) is 0 Å². The van der Waals surface area contributed by atoms with Crippen LogP contribution in [-0.2, 0) is 4.74 Å². The number of imidazole rings is 1. The molecule has 9 heteroatoms. The van der Waals surface area contributed by atoms with E-state index in [1.54, 1.807) is 19.5 Å². The lowest BCUT2D eigenvalue weighted by atomic mass is 10.1. The van der Waals surface area contributed by atoms with Gasteiger partial charge in [-0.15, -0.1) is 0 Å². The normalized spacial score (nSPS) is 14.1. The predicted molar refractivity (Wildman–Crippen MR) is 134 cm³/mol. The number of anilines is 2. The number of ether oxygens (including phenoxy) is 2. The molecule has 2 N–H and O–H groups in total. The molecule has 1 amide bonds. The van der Waals surface area contributed by atoms with E-state index in [0.717, 1.165) is 67.0 Å². The topological polar surface area (TPSA) is 93.0 Å². The SMILES string of the molecule is COc1ccc(-c2nc3cnccn3c2Nc2ccc(C(=O)NCCN3CCOCC3)cc2)cc1. The van der Waals surface area contributed by atoms with Crippen molar-refractivity contribution in [3.63, 3.8) is 0 Å². The summed E-state index contributed by atoms with van der Waals surface area (Å²) in [7, 11) is 1.65. The largest absolute Gasteiger partial charge is 0.497 e. The highest BCUT2D eigenvalue weighted by atomic mass is 16.5. The third-order valence-corrected chi connectivity index (χ3v) is 6.02. The molecule has 1 aliphatic rings. The Morgan fingerprint density at radius 2 is 1.86 bits per heavy atom. The summed E-state index contributed by atoms with van der Waals surface area (Å²) < 4.78 is 12.6. The van der Waals surface area contributed by atoms with Crippen LogP contribution >= 0.6 is 0 Å². The second-order valence-electron chi connectivity index (χ2n) is 8.25. The molecular weight excluding hydrogens is 444 g/mol. The van der Waals surface area contributed by atoms with E-state index in [9.17, 15) is 4.79 Å². The van der Waals surface area contributed by atoms with Crippen molar-refractivity contribution in [1.29, 1.82) is 0 Å². The number of hydrogen-bond acceptors (Lipinski definition) is 7. The van der Waals surface area contributed by atoms with Gasteiger partial charge in [0.25, 0.3) is 5.91 Å². The van der Waals surface area contributed by atoms with Crippen LogP contribution < -0.4 is 15.4 Å². The number of aromatic nitrogens is 3. The molecule has 5 rings (SSSR count). The van der Waals surface area contributed by atoms with Crippen molar-refractivity contribution in [3.8, 4) is 17.0 Å². The van der Waals surface area contributed by atoms with Crippen molar-refractivity contribution in [2.24, 2.45) is 0 Å². The van der Waals surface area contributed by atoms with Crippen LogP contribution in [0.3, 0.4) is 0 Å². The summed E-state index contributed by atoms with van der Waals surface area (Å²) in [6, 6.07) is 15.2. The number of nitrogens with one attached hydrogen (secondary N) is 2. The Bertz CT molecular complexity index is 1280. The van der Waals surface area contributed by atoms with Gasteiger partial charge in [-0.05, 0) is 48.5 Å². The summed E-state index contributed by atoms with van der Waals surface area (Å²) in [6.07, 6.45) is 5.32. The molecule has 0 radical (unpaired) electrons. The van der Waals surface area contributed by atoms with E-state index in [4.69, 9.17) is 14.5 Å². The summed E-state index contributed by atoms with van der Waals surface area (Å²) in [4.78, 5) is 23.8. The Morgan fingerprint density at radius 3 is 2.60 bits per heavy atom. The molecule has 0 aliphatic carbocycles. The lowest BCUT2D eigenvalue weighted by Crippen LogP contribution is -2.41. The van der Waals surface area contributed by atoms with Crippen LogP contribution in [0.1, 0.15) is 10.4 Å². The molecule has 0 spiro atoms. The van der Waals surface area contributed by atoms with Gasteiger partial charge in [0.15, 0.2) is 5.65 Å². The molecule has 0 unspecified atom stereocenters. The molecule has 1 saturated heterocycles. The maximum Gasteiger partial charge on any atom is 0.251 e. The third-order valence-electron chi connectivity index (χ3n) is 6.02. The summed E-state index contributed by atoms with van der Waals surface area (Å²) in [5, 5.41) is 6.47. The Kier molecular flexibility index (Phi) is 6.87. The van der Waals surface area contributed by atoms with E-state index in [1.165, 1.54) is 0 Å². The van der Waals surface area contributed by atoms with Gasteiger partial charge >= 0.3 is 0 Å². The number of nitrogens with zero attached hydrogens (tertiary/aromatic N) is 4. The van der Waals surface area contributed by atoms with Gasteiger partial charge in [0.2, 0.25) is 0 Å². The Hall–Kier alpha value is -3.95. The third kappa shape index (κ3) is 5.26. The number of carbonyl (C=O) groups is 1. The van der Waals surface area contributed by atoms with Gasteiger partial charge in [-0.2, -0.15) is 0 Å². The lowest BCUT2D eigenvalue weighted by Gasteiger charge is -2.26. The molecule has 1 aliphatic heterocycles. The molecule has 0 saturated carbocycles. The van der Waals surface area contributed by atoms with Crippen molar-refractivity contribution >= 4 is 23.1 Å². The van der Waals surface area contributed by atoms with E-state index in [1.807, 2.05) is 59.1 Å². The quantitative estimate of drug-likeness (QED) is 0.407. The molecule has 4 aromatic rings. The van der Waals surface area contributed by atoms with Gasteiger partial charge in [0.05, 0.1) is 26.5 Å². The fourth-order valence-electron chi connectivity index (χ4n) is 4.07. The summed E-state index contributed by atoms with van der Waals surface area (Å²) in [5.41, 5.74) is 3.95. The average Bonchev–Trinajstić information content (AvgIpc) is 3.28. The van der Waals surface area contributed by atoms with Crippen LogP contribution in [0.25, 0.3) is 16.9 Å². The standard InChI is InChI=1S/C26H28N6O3/c1-34-22-8-4-19(5-9-22)24-25(32-13-10-27-18-23(32)30-24)29-21-6-2-20(3-7-21)26(33)28-11-12-31-14-16-35-17-15-31/h2-10,13,18,29H,11-12,14-17H2,1H3,(H,28,33). The average molecular weight is 473 g/mol. The maximum atomic E-state index is 12.6. The van der Waals surface area contributed by atoms with E-state index in [0.29, 0.717) is 12.1 Å². The smallest absolute Gasteiger partial charge is 0.251 e. The molecule has 9 nitrogen and oxygen atoms in total. The fraction of sp³-hybridized carbons (Fsp3) is 0.269. The second kappa shape index (κ2) is 10.5. The van der Waals surface area contributed by atoms with E-state index in [-0.39, 0.29) is 5.91 Å². The molecule has 2 aromatic heterocycles. The summed E-state index contributed by atoms with van der Waals surface area (Å²) in [6.45, 7) is 4.77. The zero-order valence-corrected chi connectivity index (χ0v) is 19.6. The highest BCUT2D eigenvalue weighted by molar-refractivity contribution is 5.94. The maximum absolute atomic E-state index is 12.6. The highest BCUT2D eigenvalue weighted by Gasteiger charge is 2.15. The molecule has 35 heavy (non-hydrogen) atoms. The lowest BCUT2D eigenvalue weighted by molar-refractivity contribution is 0.0383. The van der Waals surface area contributed by atoms with Gasteiger partial charge in [-0.25, -0.2) is 4.98 Å². The first-order valence-electron chi connectivity index (χ1n) is 11.6. The Morgan fingerprint density at radius 1 is 1.09 bits per heavy atom. The van der Waals surface area contributed by atoms with Crippen molar-refractivity contribution in [1.82, 2.24) is 24.6 Å². The zero-order valence-electron chi connectivity index (χ0n) is 19.6. The zero-order chi connectivity index (χ0) is 24.0. The van der Waals surface area contributed by atoms with Crippen molar-refractivity contribution in [3.05, 3.63) is 72.7 Å². The summed E-state index contributed by atoms with van der Waals surface area (Å²) >= 11 is 0. The van der Waals surface area contributed by atoms with Gasteiger partial charge in [-0.3, -0.25) is 19.1 Å². The molecule has 0 bridgehead atoms. The minimum Gasteiger partial charge on any atom is -0.497 e. The highest BCUT2D eigenvalue weighted by Crippen LogP contribution is 2.32. The Labute approximate surface area is 203 Å². The molecule has 180 valence electrons. The number of benzene rings is 2. The second-order valence-corrected chi connectivity index (χ2v) is 8.25. The van der Waals surface area contributed by atoms with E-state index >= 15 is 0 Å². The number of fused-ring (bicyclic) bond motifs is 1. The first-order chi connectivity index (χ1) is 17.2. The van der Waals surface area contributed by atoms with Crippen LogP contribution in [0.2, 0.25) is 0 Å². The number of methoxy groups -OCH3 is 1. The molecule has 2 aromatic carbocycles. The van der Waals surface area contributed by atoms with Crippen molar-refractivity contribution in [2.45, 2.75) is 0 Å². The first kappa shape index (κ1) is 22.8. The van der Waals surface area contributed by atoms with Gasteiger partial charge in [0, 0.05) is 55.4 Å². The fourth-order valence-corrected chi connectivity index (χ4v) is 4.07. The monoisotopic (exact) mass is 472 g/mol.